The number of aromatic nitrogens is 2. The molecule has 8 heteroatoms. The smallest absolute Gasteiger partial charge is 0.308 e. The van der Waals surface area contributed by atoms with Crippen LogP contribution in [0.15, 0.2) is 48.1 Å². The SMILES string of the molecule is Oc1cc(-n2ccnc2)ccc1C1=CN=C(OC2CCNCC2)NN1. The Bertz CT molecular complexity index is 793. The number of hydrogen-bond donors (Lipinski definition) is 4. The number of imidazole rings is 1. The Hall–Kier alpha value is -3.00. The van der Waals surface area contributed by atoms with E-state index in [1.165, 1.54) is 0 Å². The van der Waals surface area contributed by atoms with Gasteiger partial charge in [-0.15, -0.1) is 0 Å². The van der Waals surface area contributed by atoms with Gasteiger partial charge in [-0.25, -0.2) is 9.98 Å². The van der Waals surface area contributed by atoms with E-state index in [1.807, 2.05) is 22.9 Å². The van der Waals surface area contributed by atoms with Crippen molar-refractivity contribution in [2.24, 2.45) is 4.99 Å². The molecular formula is C17H20N6O2. The molecule has 0 spiro atoms. The molecule has 4 rings (SSSR count). The fourth-order valence-electron chi connectivity index (χ4n) is 2.90. The summed E-state index contributed by atoms with van der Waals surface area (Å²) in [6.07, 6.45) is 8.96. The Morgan fingerprint density at radius 1 is 1.20 bits per heavy atom. The molecule has 0 unspecified atom stereocenters. The lowest BCUT2D eigenvalue weighted by molar-refractivity contribution is 0.141. The number of piperidine rings is 1. The quantitative estimate of drug-likeness (QED) is 0.668. The maximum atomic E-state index is 10.3. The summed E-state index contributed by atoms with van der Waals surface area (Å²) >= 11 is 0. The van der Waals surface area contributed by atoms with Gasteiger partial charge < -0.3 is 19.7 Å². The highest BCUT2D eigenvalue weighted by atomic mass is 16.5. The number of amidine groups is 1. The maximum Gasteiger partial charge on any atom is 0.308 e. The first-order valence-electron chi connectivity index (χ1n) is 8.29. The van der Waals surface area contributed by atoms with Crippen LogP contribution in [0.4, 0.5) is 0 Å². The van der Waals surface area contributed by atoms with Crippen molar-refractivity contribution in [2.75, 3.05) is 13.1 Å². The molecule has 1 fully saturated rings. The molecule has 0 saturated carbocycles. The van der Waals surface area contributed by atoms with Gasteiger partial charge in [0, 0.05) is 24.0 Å². The molecule has 0 bridgehead atoms. The molecule has 0 aliphatic carbocycles. The predicted octanol–water partition coefficient (Wildman–Crippen LogP) is 1.11. The molecule has 4 N–H and O–H groups in total. The van der Waals surface area contributed by atoms with Gasteiger partial charge in [-0.3, -0.25) is 10.9 Å². The number of ether oxygens (including phenoxy) is 1. The molecule has 1 aromatic heterocycles. The molecule has 0 radical (unpaired) electrons. The van der Waals surface area contributed by atoms with Crippen LogP contribution in [0.2, 0.25) is 0 Å². The van der Waals surface area contributed by atoms with Gasteiger partial charge in [0.05, 0.1) is 23.9 Å². The molecule has 130 valence electrons. The molecule has 1 saturated heterocycles. The van der Waals surface area contributed by atoms with Crippen LogP contribution in [-0.2, 0) is 4.74 Å². The fraction of sp³-hybridized carbons (Fsp3) is 0.294. The van der Waals surface area contributed by atoms with Crippen LogP contribution in [0.25, 0.3) is 11.4 Å². The molecular weight excluding hydrogens is 320 g/mol. The number of benzene rings is 1. The average molecular weight is 340 g/mol. The van der Waals surface area contributed by atoms with Gasteiger partial charge in [-0.2, -0.15) is 0 Å². The highest BCUT2D eigenvalue weighted by Crippen LogP contribution is 2.27. The van der Waals surface area contributed by atoms with Crippen LogP contribution in [-0.4, -0.2) is 39.9 Å². The van der Waals surface area contributed by atoms with Gasteiger partial charge in [-0.05, 0) is 38.1 Å². The summed E-state index contributed by atoms with van der Waals surface area (Å²) in [5.74, 6) is 0.157. The number of nitrogens with zero attached hydrogens (tertiary/aromatic N) is 3. The molecule has 0 amide bonds. The molecule has 25 heavy (non-hydrogen) atoms. The Morgan fingerprint density at radius 2 is 2.08 bits per heavy atom. The van der Waals surface area contributed by atoms with Crippen LogP contribution >= 0.6 is 0 Å². The van der Waals surface area contributed by atoms with Crippen molar-refractivity contribution in [1.82, 2.24) is 25.7 Å². The summed E-state index contributed by atoms with van der Waals surface area (Å²) in [4.78, 5) is 8.32. The normalized spacial score (nSPS) is 17.9. The standard InChI is InChI=1S/C17H20N6O2/c24-16-9-12(23-8-7-19-11-23)1-2-14(16)15-10-20-17(22-21-15)25-13-3-5-18-6-4-13/h1-2,7-11,13,18,21,24H,3-6H2,(H,20,22). The minimum absolute atomic E-state index is 0.157. The number of hydrogen-bond acceptors (Lipinski definition) is 7. The highest BCUT2D eigenvalue weighted by Gasteiger charge is 2.18. The Kier molecular flexibility index (Phi) is 4.26. The van der Waals surface area contributed by atoms with Crippen molar-refractivity contribution in [1.29, 1.82) is 0 Å². The summed E-state index contributed by atoms with van der Waals surface area (Å²) in [5.41, 5.74) is 8.14. The molecule has 2 aromatic rings. The van der Waals surface area contributed by atoms with Gasteiger partial charge >= 0.3 is 6.02 Å². The van der Waals surface area contributed by atoms with Crippen molar-refractivity contribution < 1.29 is 9.84 Å². The van der Waals surface area contributed by atoms with E-state index in [9.17, 15) is 5.11 Å². The van der Waals surface area contributed by atoms with Gasteiger partial charge in [0.25, 0.3) is 0 Å². The summed E-state index contributed by atoms with van der Waals surface area (Å²) in [6.45, 7) is 1.92. The zero-order valence-electron chi connectivity index (χ0n) is 13.6. The van der Waals surface area contributed by atoms with Crippen molar-refractivity contribution in [3.63, 3.8) is 0 Å². The lowest BCUT2D eigenvalue weighted by Crippen LogP contribution is -2.43. The summed E-state index contributed by atoms with van der Waals surface area (Å²) in [5, 5.41) is 13.6. The largest absolute Gasteiger partial charge is 0.507 e. The number of aromatic hydroxyl groups is 1. The first-order chi connectivity index (χ1) is 12.3. The van der Waals surface area contributed by atoms with E-state index in [1.54, 1.807) is 24.8 Å². The molecule has 3 heterocycles. The lowest BCUT2D eigenvalue weighted by atomic mass is 10.1. The third-order valence-corrected chi connectivity index (χ3v) is 4.25. The first-order valence-corrected chi connectivity index (χ1v) is 8.29. The zero-order chi connectivity index (χ0) is 17.1. The number of nitrogens with one attached hydrogen (secondary N) is 3. The van der Waals surface area contributed by atoms with Crippen LogP contribution in [0, 0.1) is 0 Å². The average Bonchev–Trinajstić information content (AvgIpc) is 3.18. The summed E-state index contributed by atoms with van der Waals surface area (Å²) in [6, 6.07) is 5.87. The minimum Gasteiger partial charge on any atom is -0.507 e. The summed E-state index contributed by atoms with van der Waals surface area (Å²) < 4.78 is 7.66. The van der Waals surface area contributed by atoms with Crippen LogP contribution < -0.4 is 16.2 Å². The third-order valence-electron chi connectivity index (χ3n) is 4.25. The Labute approximate surface area is 145 Å². The molecule has 2 aliphatic heterocycles. The number of aliphatic imine (C=N–C) groups is 1. The van der Waals surface area contributed by atoms with E-state index >= 15 is 0 Å². The van der Waals surface area contributed by atoms with Gasteiger partial charge in [-0.1, -0.05) is 0 Å². The number of hydrazine groups is 1. The van der Waals surface area contributed by atoms with Crippen molar-refractivity contribution in [2.45, 2.75) is 18.9 Å². The number of phenolic OH excluding ortho intramolecular Hbond substituents is 1. The first kappa shape index (κ1) is 15.5. The second-order valence-electron chi connectivity index (χ2n) is 5.97. The zero-order valence-corrected chi connectivity index (χ0v) is 13.6. The molecule has 2 aliphatic rings. The van der Waals surface area contributed by atoms with Gasteiger partial charge in [0.2, 0.25) is 0 Å². The lowest BCUT2D eigenvalue weighted by Gasteiger charge is -2.26. The number of rotatable bonds is 3. The van der Waals surface area contributed by atoms with E-state index in [4.69, 9.17) is 4.74 Å². The monoisotopic (exact) mass is 340 g/mol. The Morgan fingerprint density at radius 3 is 2.76 bits per heavy atom. The second kappa shape index (κ2) is 6.86. The molecule has 0 atom stereocenters. The topological polar surface area (TPSA) is 95.7 Å². The molecule has 1 aromatic carbocycles. The Balaban J connectivity index is 1.48. The van der Waals surface area contributed by atoms with E-state index in [0.29, 0.717) is 17.3 Å². The van der Waals surface area contributed by atoms with Crippen molar-refractivity contribution in [3.8, 4) is 11.4 Å². The van der Waals surface area contributed by atoms with Crippen LogP contribution in [0.1, 0.15) is 18.4 Å². The third kappa shape index (κ3) is 3.43. The highest BCUT2D eigenvalue weighted by molar-refractivity contribution is 5.81. The minimum atomic E-state index is 0.157. The predicted molar refractivity (Wildman–Crippen MR) is 93.9 cm³/mol. The van der Waals surface area contributed by atoms with Crippen molar-refractivity contribution in [3.05, 3.63) is 48.7 Å². The van der Waals surface area contributed by atoms with Crippen molar-refractivity contribution >= 4 is 11.7 Å². The van der Waals surface area contributed by atoms with E-state index < -0.39 is 0 Å². The fourth-order valence-corrected chi connectivity index (χ4v) is 2.90. The second-order valence-corrected chi connectivity index (χ2v) is 5.97. The van der Waals surface area contributed by atoms with Gasteiger partial charge in [0.15, 0.2) is 0 Å². The maximum absolute atomic E-state index is 10.3. The van der Waals surface area contributed by atoms with Crippen LogP contribution in [0.3, 0.4) is 0 Å². The van der Waals surface area contributed by atoms with E-state index in [0.717, 1.165) is 31.6 Å². The van der Waals surface area contributed by atoms with E-state index in [-0.39, 0.29) is 11.9 Å². The van der Waals surface area contributed by atoms with Crippen LogP contribution in [0.5, 0.6) is 5.75 Å². The van der Waals surface area contributed by atoms with Gasteiger partial charge in [0.1, 0.15) is 11.9 Å². The number of phenols is 1. The van der Waals surface area contributed by atoms with E-state index in [2.05, 4.69) is 26.1 Å². The summed E-state index contributed by atoms with van der Waals surface area (Å²) in [7, 11) is 0. The molecule has 8 nitrogen and oxygen atoms in total.